The maximum absolute atomic E-state index is 13.0. The Morgan fingerprint density at radius 3 is 2.48 bits per heavy atom. The molecular weight excluding hydrogens is 440 g/mol. The Kier molecular flexibility index (Phi) is 5.73. The summed E-state index contributed by atoms with van der Waals surface area (Å²) >= 11 is 6.09. The van der Waals surface area contributed by atoms with E-state index in [1.165, 1.54) is 30.3 Å². The Hall–Kier alpha value is -3.27. The van der Waals surface area contributed by atoms with Gasteiger partial charge in [0.1, 0.15) is 6.10 Å². The summed E-state index contributed by atoms with van der Waals surface area (Å²) in [7, 11) is -3.95. The number of aliphatic hydroxyl groups excluding tert-OH is 1. The molecule has 0 aliphatic rings. The number of hydrogen-bond donors (Lipinski definition) is 2. The molecule has 0 bridgehead atoms. The first-order valence-electron chi connectivity index (χ1n) is 9.15. The van der Waals surface area contributed by atoms with Crippen molar-refractivity contribution in [2.75, 3.05) is 4.72 Å². The molecule has 0 spiro atoms. The number of rotatable bonds is 6. The summed E-state index contributed by atoms with van der Waals surface area (Å²) in [6.07, 6.45) is 0.375. The summed E-state index contributed by atoms with van der Waals surface area (Å²) in [5, 5.41) is 18.8. The summed E-state index contributed by atoms with van der Waals surface area (Å²) in [5.74, 6) is 0.711. The fraction of sp³-hybridized carbons (Fsp3) is 0.0952. The molecule has 0 aliphatic carbocycles. The van der Waals surface area contributed by atoms with E-state index < -0.39 is 16.1 Å². The van der Waals surface area contributed by atoms with Gasteiger partial charge in [-0.25, -0.2) is 8.42 Å². The summed E-state index contributed by atoms with van der Waals surface area (Å²) < 4.78 is 33.8. The number of aromatic nitrogens is 3. The van der Waals surface area contributed by atoms with Gasteiger partial charge in [-0.05, 0) is 54.6 Å². The number of hydrogen-bond acceptors (Lipinski definition) is 7. The summed E-state index contributed by atoms with van der Waals surface area (Å²) in [4.78, 5) is 4.16. The molecule has 0 fully saturated rings. The zero-order chi connectivity index (χ0) is 22.0. The zero-order valence-electron chi connectivity index (χ0n) is 16.2. The standard InChI is InChI=1S/C21H17ClN4O4S/c1-13-24-25-21(30-13)14-5-8-16(9-6-14)31(28,29)26-18-10-7-15(22)12-17(18)20(27)19-4-2-3-11-23-19/h2-12,20,26-27H,1H3. The van der Waals surface area contributed by atoms with Crippen LogP contribution in [0.5, 0.6) is 0 Å². The lowest BCUT2D eigenvalue weighted by molar-refractivity contribution is 0.216. The molecule has 0 aliphatic heterocycles. The fourth-order valence-electron chi connectivity index (χ4n) is 2.94. The van der Waals surface area contributed by atoms with Crippen LogP contribution in [-0.4, -0.2) is 28.7 Å². The molecule has 4 aromatic rings. The lowest BCUT2D eigenvalue weighted by Crippen LogP contribution is -2.15. The van der Waals surface area contributed by atoms with Gasteiger partial charge in [-0.2, -0.15) is 0 Å². The first-order valence-corrected chi connectivity index (χ1v) is 11.0. The molecule has 2 aromatic carbocycles. The van der Waals surface area contributed by atoms with Crippen LogP contribution in [0, 0.1) is 6.92 Å². The maximum Gasteiger partial charge on any atom is 0.261 e. The smallest absolute Gasteiger partial charge is 0.261 e. The van der Waals surface area contributed by atoms with Crippen molar-refractivity contribution in [3.05, 3.63) is 89.0 Å². The van der Waals surface area contributed by atoms with Crippen LogP contribution in [0.4, 0.5) is 5.69 Å². The number of anilines is 1. The molecule has 0 saturated carbocycles. The average molecular weight is 457 g/mol. The molecular formula is C21H17ClN4O4S. The number of benzene rings is 2. The third-order valence-corrected chi connectivity index (χ3v) is 6.07. The Bertz CT molecular complexity index is 1310. The van der Waals surface area contributed by atoms with E-state index in [0.717, 1.165) is 0 Å². The van der Waals surface area contributed by atoms with E-state index in [1.807, 2.05) is 0 Å². The first-order chi connectivity index (χ1) is 14.8. The van der Waals surface area contributed by atoms with E-state index in [9.17, 15) is 13.5 Å². The molecule has 1 unspecified atom stereocenters. The van der Waals surface area contributed by atoms with Crippen LogP contribution in [0.2, 0.25) is 5.02 Å². The van der Waals surface area contributed by atoms with E-state index in [4.69, 9.17) is 16.0 Å². The van der Waals surface area contributed by atoms with Gasteiger partial charge in [0.2, 0.25) is 11.8 Å². The third kappa shape index (κ3) is 4.58. The van der Waals surface area contributed by atoms with Gasteiger partial charge < -0.3 is 9.52 Å². The normalized spacial score (nSPS) is 12.5. The van der Waals surface area contributed by atoms with Gasteiger partial charge >= 0.3 is 0 Å². The number of nitrogens with zero attached hydrogens (tertiary/aromatic N) is 3. The molecule has 0 radical (unpaired) electrons. The number of halogens is 1. The van der Waals surface area contributed by atoms with Crippen LogP contribution >= 0.6 is 11.6 Å². The van der Waals surface area contributed by atoms with Gasteiger partial charge in [0, 0.05) is 29.3 Å². The highest BCUT2D eigenvalue weighted by Crippen LogP contribution is 2.31. The largest absolute Gasteiger partial charge is 0.421 e. The Morgan fingerprint density at radius 2 is 1.84 bits per heavy atom. The van der Waals surface area contributed by atoms with Crippen LogP contribution in [0.15, 0.2) is 76.2 Å². The van der Waals surface area contributed by atoms with Crippen LogP contribution in [0.1, 0.15) is 23.3 Å². The Balaban J connectivity index is 1.64. The number of nitrogens with one attached hydrogen (secondary N) is 1. The molecule has 2 aromatic heterocycles. The van der Waals surface area contributed by atoms with Crippen molar-refractivity contribution in [1.82, 2.24) is 15.2 Å². The molecule has 0 saturated heterocycles. The van der Waals surface area contributed by atoms with Gasteiger partial charge in [0.05, 0.1) is 16.3 Å². The summed E-state index contributed by atoms with van der Waals surface area (Å²) in [6, 6.07) is 15.6. The quantitative estimate of drug-likeness (QED) is 0.450. The van der Waals surface area contributed by atoms with Gasteiger partial charge in [-0.15, -0.1) is 10.2 Å². The SMILES string of the molecule is Cc1nnc(-c2ccc(S(=O)(=O)Nc3ccc(Cl)cc3C(O)c3ccccn3)cc2)o1. The third-order valence-electron chi connectivity index (χ3n) is 4.46. The monoisotopic (exact) mass is 456 g/mol. The highest BCUT2D eigenvalue weighted by molar-refractivity contribution is 7.92. The van der Waals surface area contributed by atoms with E-state index in [0.29, 0.717) is 28.1 Å². The average Bonchev–Trinajstić information content (AvgIpc) is 3.21. The summed E-state index contributed by atoms with van der Waals surface area (Å²) in [5.41, 5.74) is 1.44. The molecule has 8 nitrogen and oxygen atoms in total. The minimum absolute atomic E-state index is 0.0284. The van der Waals surface area contributed by atoms with Crippen LogP contribution in [0.25, 0.3) is 11.5 Å². The lowest BCUT2D eigenvalue weighted by Gasteiger charge is -2.17. The molecule has 10 heteroatoms. The number of aryl methyl sites for hydroxylation is 1. The van der Waals surface area contributed by atoms with E-state index >= 15 is 0 Å². The van der Waals surface area contributed by atoms with Crippen LogP contribution < -0.4 is 4.72 Å². The fourth-order valence-corrected chi connectivity index (χ4v) is 4.21. The molecule has 2 heterocycles. The zero-order valence-corrected chi connectivity index (χ0v) is 17.8. The Labute approximate surface area is 183 Å². The van der Waals surface area contributed by atoms with Crippen molar-refractivity contribution in [3.8, 4) is 11.5 Å². The molecule has 0 amide bonds. The predicted octanol–water partition coefficient (Wildman–Crippen LogP) is 3.98. The Morgan fingerprint density at radius 1 is 1.06 bits per heavy atom. The number of pyridine rings is 1. The van der Waals surface area contributed by atoms with Crippen molar-refractivity contribution < 1.29 is 17.9 Å². The number of sulfonamides is 1. The molecule has 158 valence electrons. The lowest BCUT2D eigenvalue weighted by atomic mass is 10.0. The van der Waals surface area contributed by atoms with Gasteiger partial charge in [0.15, 0.2) is 0 Å². The summed E-state index contributed by atoms with van der Waals surface area (Å²) in [6.45, 7) is 1.67. The van der Waals surface area contributed by atoms with Gasteiger partial charge in [-0.3, -0.25) is 9.71 Å². The van der Waals surface area contributed by atoms with Crippen molar-refractivity contribution in [2.45, 2.75) is 17.9 Å². The van der Waals surface area contributed by atoms with Crippen LogP contribution in [-0.2, 0) is 10.0 Å². The molecule has 2 N–H and O–H groups in total. The topological polar surface area (TPSA) is 118 Å². The van der Waals surface area contributed by atoms with E-state index in [-0.39, 0.29) is 16.1 Å². The minimum Gasteiger partial charge on any atom is -0.421 e. The minimum atomic E-state index is -3.95. The second-order valence-electron chi connectivity index (χ2n) is 6.64. The molecule has 31 heavy (non-hydrogen) atoms. The van der Waals surface area contributed by atoms with Gasteiger partial charge in [0.25, 0.3) is 10.0 Å². The second-order valence-corrected chi connectivity index (χ2v) is 8.76. The molecule has 1 atom stereocenters. The molecule has 4 rings (SSSR count). The number of aliphatic hydroxyl groups is 1. The van der Waals surface area contributed by atoms with Gasteiger partial charge in [-0.1, -0.05) is 17.7 Å². The van der Waals surface area contributed by atoms with Crippen molar-refractivity contribution in [3.63, 3.8) is 0 Å². The maximum atomic E-state index is 13.0. The van der Waals surface area contributed by atoms with E-state index in [2.05, 4.69) is 19.9 Å². The first kappa shape index (κ1) is 21.0. The van der Waals surface area contributed by atoms with Crippen molar-refractivity contribution in [2.24, 2.45) is 0 Å². The highest BCUT2D eigenvalue weighted by atomic mass is 35.5. The van der Waals surface area contributed by atoms with E-state index in [1.54, 1.807) is 43.5 Å². The van der Waals surface area contributed by atoms with Crippen LogP contribution in [0.3, 0.4) is 0 Å². The van der Waals surface area contributed by atoms with Crippen molar-refractivity contribution >= 4 is 27.3 Å². The second kappa shape index (κ2) is 8.46. The van der Waals surface area contributed by atoms with Crippen molar-refractivity contribution in [1.29, 1.82) is 0 Å². The highest BCUT2D eigenvalue weighted by Gasteiger charge is 2.21. The predicted molar refractivity (Wildman–Crippen MR) is 115 cm³/mol.